The van der Waals surface area contributed by atoms with Crippen LogP contribution >= 0.6 is 0 Å². The Bertz CT molecular complexity index is 2210. The molecule has 8 rings (SSSR count). The summed E-state index contributed by atoms with van der Waals surface area (Å²) in [7, 11) is 0. The molecule has 3 heterocycles. The first-order chi connectivity index (χ1) is 24.6. The Balaban J connectivity index is 1.30. The third-order valence-corrected chi connectivity index (χ3v) is 9.71. The minimum absolute atomic E-state index is 0.0216. The third kappa shape index (κ3) is 6.72. The van der Waals surface area contributed by atoms with Crippen LogP contribution in [0, 0.1) is 11.8 Å². The van der Waals surface area contributed by atoms with Crippen LogP contribution in [0.5, 0.6) is 0 Å². The Kier molecular flexibility index (Phi) is 8.79. The van der Waals surface area contributed by atoms with Crippen molar-refractivity contribution in [2.45, 2.75) is 39.0 Å². The molecule has 3 atom stereocenters. The minimum Gasteiger partial charge on any atom is -0.256 e. The zero-order valence-corrected chi connectivity index (χ0v) is 28.4. The Morgan fingerprint density at radius 2 is 1.38 bits per heavy atom. The molecule has 2 aromatic carbocycles. The molecule has 0 aliphatic heterocycles. The molecule has 0 bridgehead atoms. The zero-order chi connectivity index (χ0) is 33.9. The number of hydrogen-bond acceptors (Lipinski definition) is 5. The first-order valence-electron chi connectivity index (χ1n) is 17.6. The van der Waals surface area contributed by atoms with Gasteiger partial charge in [-0.05, 0) is 113 Å². The maximum absolute atomic E-state index is 5.29. The Morgan fingerprint density at radius 1 is 0.660 bits per heavy atom. The van der Waals surface area contributed by atoms with E-state index in [1.807, 2.05) is 36.7 Å². The van der Waals surface area contributed by atoms with E-state index in [4.69, 9.17) is 15.0 Å². The number of hydrogen-bond donors (Lipinski definition) is 0. The number of rotatable bonds is 7. The summed E-state index contributed by atoms with van der Waals surface area (Å²) in [6.07, 6.45) is 24.2. The molecule has 0 saturated heterocycles. The summed E-state index contributed by atoms with van der Waals surface area (Å²) in [5.74, 6) is 2.88. The molecule has 0 spiro atoms. The van der Waals surface area contributed by atoms with Crippen molar-refractivity contribution in [1.29, 1.82) is 0 Å². The van der Waals surface area contributed by atoms with E-state index < -0.39 is 0 Å². The lowest BCUT2D eigenvalue weighted by atomic mass is 9.87. The molecule has 0 amide bonds. The van der Waals surface area contributed by atoms with Gasteiger partial charge in [0.05, 0.1) is 11.4 Å². The first kappa shape index (κ1) is 31.5. The number of benzene rings is 2. The van der Waals surface area contributed by atoms with E-state index in [0.29, 0.717) is 11.7 Å². The molecule has 3 aliphatic rings. The maximum atomic E-state index is 5.29. The van der Waals surface area contributed by atoms with Crippen molar-refractivity contribution in [3.8, 4) is 22.5 Å². The normalized spacial score (nSPS) is 20.1. The highest BCUT2D eigenvalue weighted by Gasteiger charge is 2.25. The van der Waals surface area contributed by atoms with Crippen LogP contribution in [0.2, 0.25) is 0 Å². The SMILES string of the molecule is CC1C=CC=C(c2cc(-c3ccccc3)cc(-c3nc(C4=CC(c5ccccn5)=CCC4C)nc(C4C=C(c5ccccn5)C=CC4)n3)c2)C1. The quantitative estimate of drug-likeness (QED) is 0.176. The van der Waals surface area contributed by atoms with Gasteiger partial charge in [-0.1, -0.05) is 98.8 Å². The lowest BCUT2D eigenvalue weighted by molar-refractivity contribution is 0.725. The molecular formula is C45H39N5. The second-order valence-electron chi connectivity index (χ2n) is 13.5. The van der Waals surface area contributed by atoms with Gasteiger partial charge in [0, 0.05) is 29.4 Å². The average molecular weight is 650 g/mol. The fourth-order valence-corrected chi connectivity index (χ4v) is 6.98. The molecule has 5 nitrogen and oxygen atoms in total. The summed E-state index contributed by atoms with van der Waals surface area (Å²) in [6.45, 7) is 4.52. The van der Waals surface area contributed by atoms with Crippen molar-refractivity contribution in [3.05, 3.63) is 175 Å². The summed E-state index contributed by atoms with van der Waals surface area (Å²) in [4.78, 5) is 25.1. The lowest BCUT2D eigenvalue weighted by Gasteiger charge is -2.22. The first-order valence-corrected chi connectivity index (χ1v) is 17.6. The predicted molar refractivity (Wildman–Crippen MR) is 204 cm³/mol. The van der Waals surface area contributed by atoms with Crippen molar-refractivity contribution >= 4 is 22.3 Å². The highest BCUT2D eigenvalue weighted by atomic mass is 15.0. The van der Waals surface area contributed by atoms with Crippen molar-refractivity contribution < 1.29 is 0 Å². The average Bonchev–Trinajstić information content (AvgIpc) is 3.19. The Hall–Kier alpha value is -5.81. The fourth-order valence-electron chi connectivity index (χ4n) is 6.98. The van der Waals surface area contributed by atoms with Crippen molar-refractivity contribution in [3.63, 3.8) is 0 Å². The number of aromatic nitrogens is 5. The maximum Gasteiger partial charge on any atom is 0.163 e. The molecule has 3 aromatic heterocycles. The van der Waals surface area contributed by atoms with Gasteiger partial charge >= 0.3 is 0 Å². The van der Waals surface area contributed by atoms with Crippen LogP contribution < -0.4 is 0 Å². The van der Waals surface area contributed by atoms with Crippen LogP contribution in [-0.4, -0.2) is 24.9 Å². The topological polar surface area (TPSA) is 64.5 Å². The van der Waals surface area contributed by atoms with Crippen molar-refractivity contribution in [1.82, 2.24) is 24.9 Å². The van der Waals surface area contributed by atoms with E-state index >= 15 is 0 Å². The number of allylic oxidation sites excluding steroid dienone is 12. The summed E-state index contributed by atoms with van der Waals surface area (Å²) >= 11 is 0. The van der Waals surface area contributed by atoms with Crippen LogP contribution in [-0.2, 0) is 0 Å². The van der Waals surface area contributed by atoms with E-state index in [9.17, 15) is 0 Å². The molecule has 0 radical (unpaired) electrons. The largest absolute Gasteiger partial charge is 0.256 e. The second kappa shape index (κ2) is 14.0. The van der Waals surface area contributed by atoms with Crippen LogP contribution in [0.4, 0.5) is 0 Å². The molecule has 5 heteroatoms. The molecule has 5 aromatic rings. The smallest absolute Gasteiger partial charge is 0.163 e. The molecular weight excluding hydrogens is 611 g/mol. The highest BCUT2D eigenvalue weighted by Crippen LogP contribution is 2.38. The molecule has 3 aliphatic carbocycles. The molecule has 0 fully saturated rings. The predicted octanol–water partition coefficient (Wildman–Crippen LogP) is 10.6. The van der Waals surface area contributed by atoms with Crippen LogP contribution in [0.25, 0.3) is 44.8 Å². The van der Waals surface area contributed by atoms with Crippen molar-refractivity contribution in [2.75, 3.05) is 0 Å². The molecule has 244 valence electrons. The summed E-state index contributed by atoms with van der Waals surface area (Å²) < 4.78 is 0. The lowest BCUT2D eigenvalue weighted by Crippen LogP contribution is -2.13. The van der Waals surface area contributed by atoms with Crippen molar-refractivity contribution in [2.24, 2.45) is 11.8 Å². The molecule has 0 N–H and O–H groups in total. The van der Waals surface area contributed by atoms with Gasteiger partial charge in [-0.2, -0.15) is 0 Å². The van der Waals surface area contributed by atoms with E-state index in [-0.39, 0.29) is 11.8 Å². The summed E-state index contributed by atoms with van der Waals surface area (Å²) in [5, 5.41) is 0. The summed E-state index contributed by atoms with van der Waals surface area (Å²) in [6, 6.07) is 29.5. The summed E-state index contributed by atoms with van der Waals surface area (Å²) in [5.41, 5.74) is 11.0. The van der Waals surface area contributed by atoms with Gasteiger partial charge < -0.3 is 0 Å². The van der Waals surface area contributed by atoms with E-state index in [1.165, 1.54) is 16.7 Å². The van der Waals surface area contributed by atoms with Gasteiger partial charge in [-0.3, -0.25) is 9.97 Å². The van der Waals surface area contributed by atoms with Gasteiger partial charge in [0.15, 0.2) is 11.6 Å². The van der Waals surface area contributed by atoms with Gasteiger partial charge in [-0.25, -0.2) is 15.0 Å². The van der Waals surface area contributed by atoms with E-state index in [0.717, 1.165) is 70.1 Å². The van der Waals surface area contributed by atoms with Crippen LogP contribution in [0.15, 0.2) is 146 Å². The van der Waals surface area contributed by atoms with Gasteiger partial charge in [0.1, 0.15) is 5.82 Å². The van der Waals surface area contributed by atoms with Gasteiger partial charge in [-0.15, -0.1) is 0 Å². The molecule has 0 saturated carbocycles. The molecule has 50 heavy (non-hydrogen) atoms. The fraction of sp³-hybridized carbons (Fsp3) is 0.178. The number of pyridine rings is 2. The van der Waals surface area contributed by atoms with E-state index in [1.54, 1.807) is 0 Å². The van der Waals surface area contributed by atoms with E-state index in [2.05, 4.69) is 133 Å². The third-order valence-electron chi connectivity index (χ3n) is 9.71. The Labute approximate surface area is 294 Å². The zero-order valence-electron chi connectivity index (χ0n) is 28.4. The number of nitrogens with zero attached hydrogens (tertiary/aromatic N) is 5. The van der Waals surface area contributed by atoms with Gasteiger partial charge in [0.25, 0.3) is 0 Å². The Morgan fingerprint density at radius 3 is 2.14 bits per heavy atom. The van der Waals surface area contributed by atoms with Crippen LogP contribution in [0.1, 0.15) is 67.6 Å². The minimum atomic E-state index is -0.0216. The molecule has 3 unspecified atom stereocenters. The standard InChI is InChI=1S/C45H39N5/c1-30-12-10-15-33(24-30)38-26-37(32-13-4-3-5-14-32)27-39(28-38)44-48-43(36-17-11-16-34(25-36)41-18-6-8-22-46-41)49-45(50-44)40-29-35(21-20-31(40)2)42-19-7-9-23-47-42/h3-16,18-19,21-23,25-31,36H,17,20,24H2,1-2H3. The monoisotopic (exact) mass is 649 g/mol. The second-order valence-corrected chi connectivity index (χ2v) is 13.5. The van der Waals surface area contributed by atoms with Gasteiger partial charge in [0.2, 0.25) is 0 Å². The van der Waals surface area contributed by atoms with Crippen LogP contribution in [0.3, 0.4) is 0 Å². The highest BCUT2D eigenvalue weighted by molar-refractivity contribution is 5.85.